The molecule has 1 N–H and O–H groups in total. The molecule has 0 aliphatic rings. The predicted octanol–water partition coefficient (Wildman–Crippen LogP) is 2.37. The summed E-state index contributed by atoms with van der Waals surface area (Å²) >= 11 is 0. The number of hydrogen-bond acceptors (Lipinski definition) is 3. The van der Waals surface area contributed by atoms with Gasteiger partial charge in [0.1, 0.15) is 5.82 Å². The molecule has 1 rings (SSSR count). The summed E-state index contributed by atoms with van der Waals surface area (Å²) in [5, 5.41) is 3.22. The van der Waals surface area contributed by atoms with Crippen LogP contribution in [-0.4, -0.2) is 25.6 Å². The first-order valence-corrected chi connectivity index (χ1v) is 5.53. The van der Waals surface area contributed by atoms with Gasteiger partial charge in [-0.1, -0.05) is 12.2 Å². The van der Waals surface area contributed by atoms with E-state index in [-0.39, 0.29) is 0 Å². The molecule has 1 aromatic heterocycles. The van der Waals surface area contributed by atoms with Crippen molar-refractivity contribution in [2.45, 2.75) is 19.9 Å². The van der Waals surface area contributed by atoms with Gasteiger partial charge in [0.25, 0.3) is 0 Å². The summed E-state index contributed by atoms with van der Waals surface area (Å²) in [6.45, 7) is 8.91. The van der Waals surface area contributed by atoms with Crippen LogP contribution in [0.25, 0.3) is 0 Å². The average Bonchev–Trinajstić information content (AvgIpc) is 2.27. The van der Waals surface area contributed by atoms with Crippen molar-refractivity contribution in [1.29, 1.82) is 0 Å². The fraction of sp³-hybridized carbons (Fsp3) is 0.462. The van der Waals surface area contributed by atoms with Crippen LogP contribution in [0.4, 0.5) is 5.82 Å². The highest BCUT2D eigenvalue weighted by Crippen LogP contribution is 2.17. The van der Waals surface area contributed by atoms with Gasteiger partial charge in [0.05, 0.1) is 0 Å². The Morgan fingerprint density at radius 1 is 1.62 bits per heavy atom. The van der Waals surface area contributed by atoms with Gasteiger partial charge in [0.15, 0.2) is 0 Å². The second-order valence-electron chi connectivity index (χ2n) is 4.27. The second kappa shape index (κ2) is 5.66. The lowest BCUT2D eigenvalue weighted by molar-refractivity contribution is 0.651. The third-order valence-electron chi connectivity index (χ3n) is 2.60. The lowest BCUT2D eigenvalue weighted by atomic mass is 10.1. The SMILES string of the molecule is C=C(C)CN(C)c1cc(C(C)NC)ccn1. The van der Waals surface area contributed by atoms with Crippen LogP contribution < -0.4 is 10.2 Å². The van der Waals surface area contributed by atoms with E-state index in [9.17, 15) is 0 Å². The van der Waals surface area contributed by atoms with E-state index < -0.39 is 0 Å². The summed E-state index contributed by atoms with van der Waals surface area (Å²) in [7, 11) is 3.99. The molecule has 0 aliphatic heterocycles. The molecule has 0 radical (unpaired) electrons. The van der Waals surface area contributed by atoms with E-state index in [4.69, 9.17) is 0 Å². The predicted molar refractivity (Wildman–Crippen MR) is 69.8 cm³/mol. The van der Waals surface area contributed by atoms with Gasteiger partial charge >= 0.3 is 0 Å². The van der Waals surface area contributed by atoms with Crippen LogP contribution in [0.1, 0.15) is 25.5 Å². The molecule has 0 aromatic carbocycles. The van der Waals surface area contributed by atoms with E-state index in [1.54, 1.807) is 0 Å². The van der Waals surface area contributed by atoms with Crippen LogP contribution in [-0.2, 0) is 0 Å². The van der Waals surface area contributed by atoms with Crippen molar-refractivity contribution in [2.24, 2.45) is 0 Å². The lowest BCUT2D eigenvalue weighted by Gasteiger charge is -2.20. The maximum atomic E-state index is 4.37. The van der Waals surface area contributed by atoms with Gasteiger partial charge in [-0.25, -0.2) is 4.98 Å². The standard InChI is InChI=1S/C13H21N3/c1-10(2)9-16(5)13-8-12(6-7-15-13)11(3)14-4/h6-8,11,14H,1,9H2,2-5H3. The highest BCUT2D eigenvalue weighted by atomic mass is 15.2. The first-order chi connectivity index (χ1) is 7.54. The lowest BCUT2D eigenvalue weighted by Crippen LogP contribution is -2.21. The highest BCUT2D eigenvalue weighted by Gasteiger charge is 2.06. The molecule has 0 aliphatic carbocycles. The minimum atomic E-state index is 0.347. The molecule has 0 amide bonds. The van der Waals surface area contributed by atoms with Crippen LogP contribution in [0.5, 0.6) is 0 Å². The van der Waals surface area contributed by atoms with Gasteiger partial charge in [-0.2, -0.15) is 0 Å². The van der Waals surface area contributed by atoms with E-state index in [2.05, 4.69) is 34.8 Å². The minimum absolute atomic E-state index is 0.347. The summed E-state index contributed by atoms with van der Waals surface area (Å²) in [6, 6.07) is 4.50. The van der Waals surface area contributed by atoms with Crippen molar-refractivity contribution < 1.29 is 0 Å². The van der Waals surface area contributed by atoms with Crippen molar-refractivity contribution >= 4 is 5.82 Å². The Balaban J connectivity index is 2.85. The van der Waals surface area contributed by atoms with E-state index in [1.165, 1.54) is 5.56 Å². The first kappa shape index (κ1) is 12.7. The smallest absolute Gasteiger partial charge is 0.128 e. The number of likely N-dealkylation sites (N-methyl/N-ethyl adjacent to an activating group) is 1. The number of nitrogens with zero attached hydrogens (tertiary/aromatic N) is 2. The van der Waals surface area contributed by atoms with Gasteiger partial charge in [-0.3, -0.25) is 0 Å². The number of nitrogens with one attached hydrogen (secondary N) is 1. The zero-order chi connectivity index (χ0) is 12.1. The monoisotopic (exact) mass is 219 g/mol. The van der Waals surface area contributed by atoms with E-state index in [1.807, 2.05) is 33.3 Å². The Morgan fingerprint density at radius 2 is 2.31 bits per heavy atom. The topological polar surface area (TPSA) is 28.2 Å². The van der Waals surface area contributed by atoms with Crippen molar-refractivity contribution in [3.05, 3.63) is 36.0 Å². The molecule has 1 unspecified atom stereocenters. The van der Waals surface area contributed by atoms with Gasteiger partial charge in [-0.05, 0) is 38.6 Å². The molecule has 0 fully saturated rings. The van der Waals surface area contributed by atoms with Crippen molar-refractivity contribution in [3.63, 3.8) is 0 Å². The number of hydrogen-bond donors (Lipinski definition) is 1. The molecule has 16 heavy (non-hydrogen) atoms. The third-order valence-corrected chi connectivity index (χ3v) is 2.60. The molecule has 0 saturated heterocycles. The Morgan fingerprint density at radius 3 is 2.88 bits per heavy atom. The van der Waals surface area contributed by atoms with Gasteiger partial charge < -0.3 is 10.2 Å². The van der Waals surface area contributed by atoms with Crippen LogP contribution in [0, 0.1) is 0 Å². The molecule has 0 saturated carbocycles. The van der Waals surface area contributed by atoms with Crippen LogP contribution in [0.3, 0.4) is 0 Å². The first-order valence-electron chi connectivity index (χ1n) is 5.53. The zero-order valence-electron chi connectivity index (χ0n) is 10.6. The number of pyridine rings is 1. The Labute approximate surface area is 98.2 Å². The van der Waals surface area contributed by atoms with Crippen molar-refractivity contribution in [1.82, 2.24) is 10.3 Å². The average molecular weight is 219 g/mol. The summed E-state index contributed by atoms with van der Waals surface area (Å²) in [4.78, 5) is 6.47. The van der Waals surface area contributed by atoms with Gasteiger partial charge in [-0.15, -0.1) is 0 Å². The molecule has 1 aromatic rings. The number of rotatable bonds is 5. The van der Waals surface area contributed by atoms with E-state index >= 15 is 0 Å². The van der Waals surface area contributed by atoms with Crippen molar-refractivity contribution in [3.8, 4) is 0 Å². The molecule has 1 atom stereocenters. The van der Waals surface area contributed by atoms with Crippen molar-refractivity contribution in [2.75, 3.05) is 25.5 Å². The molecule has 0 bridgehead atoms. The number of aromatic nitrogens is 1. The second-order valence-corrected chi connectivity index (χ2v) is 4.27. The maximum absolute atomic E-state index is 4.37. The third kappa shape index (κ3) is 3.35. The summed E-state index contributed by atoms with van der Waals surface area (Å²) in [5.41, 5.74) is 2.39. The quantitative estimate of drug-likeness (QED) is 0.771. The number of anilines is 1. The molecule has 1 heterocycles. The molecule has 0 spiro atoms. The molecular formula is C13H21N3. The molecule has 3 nitrogen and oxygen atoms in total. The van der Waals surface area contributed by atoms with Crippen LogP contribution >= 0.6 is 0 Å². The summed E-state index contributed by atoms with van der Waals surface area (Å²) in [5.74, 6) is 0.989. The highest BCUT2D eigenvalue weighted by molar-refractivity contribution is 5.42. The molecule has 88 valence electrons. The summed E-state index contributed by atoms with van der Waals surface area (Å²) < 4.78 is 0. The maximum Gasteiger partial charge on any atom is 0.128 e. The Bertz CT molecular complexity index is 360. The minimum Gasteiger partial charge on any atom is -0.356 e. The van der Waals surface area contributed by atoms with Crippen LogP contribution in [0.2, 0.25) is 0 Å². The molecule has 3 heteroatoms. The Kier molecular flexibility index (Phi) is 4.50. The normalized spacial score (nSPS) is 12.2. The Hall–Kier alpha value is -1.35. The van der Waals surface area contributed by atoms with Crippen LogP contribution in [0.15, 0.2) is 30.5 Å². The van der Waals surface area contributed by atoms with E-state index in [0.29, 0.717) is 6.04 Å². The largest absolute Gasteiger partial charge is 0.356 e. The van der Waals surface area contributed by atoms with Gasteiger partial charge in [0.2, 0.25) is 0 Å². The summed E-state index contributed by atoms with van der Waals surface area (Å²) in [6.07, 6.45) is 1.85. The fourth-order valence-electron chi connectivity index (χ4n) is 1.56. The zero-order valence-corrected chi connectivity index (χ0v) is 10.6. The van der Waals surface area contributed by atoms with Gasteiger partial charge in [0, 0.05) is 25.8 Å². The van der Waals surface area contributed by atoms with E-state index in [0.717, 1.165) is 17.9 Å². The fourth-order valence-corrected chi connectivity index (χ4v) is 1.56. The molecular weight excluding hydrogens is 198 g/mol.